The predicted octanol–water partition coefficient (Wildman–Crippen LogP) is 2.03. The number of nitrogens with zero attached hydrogens (tertiary/aromatic N) is 3. The van der Waals surface area contributed by atoms with Crippen molar-refractivity contribution in [2.24, 2.45) is 0 Å². The normalized spacial score (nSPS) is 12.3. The fourth-order valence-electron chi connectivity index (χ4n) is 3.04. The van der Waals surface area contributed by atoms with Crippen LogP contribution in [0.3, 0.4) is 0 Å². The van der Waals surface area contributed by atoms with Crippen LogP contribution in [0.5, 0.6) is 0 Å². The van der Waals surface area contributed by atoms with Crippen LogP contribution >= 0.6 is 0 Å². The molecule has 1 N–H and O–H groups in total. The molecular weight excluding hydrogens is 472 g/mol. The second kappa shape index (κ2) is 10.6. The van der Waals surface area contributed by atoms with Crippen LogP contribution in [0.4, 0.5) is 5.69 Å². The van der Waals surface area contributed by atoms with Crippen LogP contribution in [0.15, 0.2) is 70.4 Å². The molecule has 0 saturated heterocycles. The van der Waals surface area contributed by atoms with Gasteiger partial charge in [-0.2, -0.15) is 5.10 Å². The maximum absolute atomic E-state index is 12.7. The quantitative estimate of drug-likeness (QED) is 0.471. The van der Waals surface area contributed by atoms with Crippen molar-refractivity contribution in [2.75, 3.05) is 19.4 Å². The fourth-order valence-corrected chi connectivity index (χ4v) is 3.97. The van der Waals surface area contributed by atoms with Gasteiger partial charge in [-0.15, -0.1) is 0 Å². The van der Waals surface area contributed by atoms with Gasteiger partial charge in [-0.25, -0.2) is 22.2 Å². The Bertz CT molecular complexity index is 1400. The Morgan fingerprint density at radius 1 is 1.09 bits per heavy atom. The number of aryl methyl sites for hydroxylation is 1. The van der Waals surface area contributed by atoms with Gasteiger partial charge in [0.1, 0.15) is 0 Å². The minimum absolute atomic E-state index is 0.0120. The highest BCUT2D eigenvalue weighted by Crippen LogP contribution is 2.22. The maximum Gasteiger partial charge on any atom is 0.359 e. The second-order valence-corrected chi connectivity index (χ2v) is 10.2. The minimum atomic E-state index is -3.70. The van der Waals surface area contributed by atoms with Gasteiger partial charge in [0.2, 0.25) is 10.0 Å². The number of amides is 1. The van der Waals surface area contributed by atoms with Gasteiger partial charge in [0.05, 0.1) is 11.4 Å². The van der Waals surface area contributed by atoms with E-state index in [2.05, 4.69) is 10.4 Å². The molecule has 10 nitrogen and oxygen atoms in total. The third-order valence-electron chi connectivity index (χ3n) is 5.15. The molecule has 35 heavy (non-hydrogen) atoms. The van der Waals surface area contributed by atoms with E-state index in [0.29, 0.717) is 5.56 Å². The summed E-state index contributed by atoms with van der Waals surface area (Å²) < 4.78 is 32.2. The Hall–Kier alpha value is -3.83. The first-order valence-electron chi connectivity index (χ1n) is 10.7. The molecule has 0 saturated carbocycles. The summed E-state index contributed by atoms with van der Waals surface area (Å²) in [4.78, 5) is 37.4. The van der Waals surface area contributed by atoms with E-state index in [0.717, 1.165) is 14.6 Å². The Kier molecular flexibility index (Phi) is 7.82. The van der Waals surface area contributed by atoms with Crippen LogP contribution in [0.1, 0.15) is 28.5 Å². The van der Waals surface area contributed by atoms with E-state index in [1.54, 1.807) is 13.0 Å². The molecule has 1 atom stereocenters. The highest BCUT2D eigenvalue weighted by atomic mass is 32.2. The van der Waals surface area contributed by atoms with Crippen molar-refractivity contribution in [2.45, 2.75) is 31.4 Å². The van der Waals surface area contributed by atoms with Crippen LogP contribution in [-0.2, 0) is 26.1 Å². The van der Waals surface area contributed by atoms with Crippen molar-refractivity contribution < 1.29 is 22.7 Å². The van der Waals surface area contributed by atoms with Gasteiger partial charge in [-0.3, -0.25) is 9.59 Å². The summed E-state index contributed by atoms with van der Waals surface area (Å²) in [6.45, 7) is 3.25. The van der Waals surface area contributed by atoms with Crippen molar-refractivity contribution in [1.29, 1.82) is 0 Å². The number of nitrogens with one attached hydrogen (secondary N) is 1. The first kappa shape index (κ1) is 25.8. The summed E-state index contributed by atoms with van der Waals surface area (Å²) in [6, 6.07) is 15.9. The van der Waals surface area contributed by atoms with E-state index in [-0.39, 0.29) is 28.4 Å². The maximum atomic E-state index is 12.7. The zero-order valence-electron chi connectivity index (χ0n) is 19.8. The molecule has 3 aromatic rings. The van der Waals surface area contributed by atoms with Crippen molar-refractivity contribution >= 4 is 27.6 Å². The smallest absolute Gasteiger partial charge is 0.359 e. The number of hydrogen-bond donors (Lipinski definition) is 1. The van der Waals surface area contributed by atoms with E-state index < -0.39 is 28.0 Å². The Morgan fingerprint density at radius 2 is 1.77 bits per heavy atom. The number of aromatic nitrogens is 2. The van der Waals surface area contributed by atoms with Crippen LogP contribution < -0.4 is 10.9 Å². The topological polar surface area (TPSA) is 128 Å². The van der Waals surface area contributed by atoms with E-state index in [1.807, 2.05) is 30.3 Å². The van der Waals surface area contributed by atoms with Gasteiger partial charge in [-0.05, 0) is 43.2 Å². The average molecular weight is 499 g/mol. The Balaban J connectivity index is 1.72. The molecule has 1 heterocycles. The summed E-state index contributed by atoms with van der Waals surface area (Å²) >= 11 is 0. The molecule has 0 fully saturated rings. The molecule has 0 radical (unpaired) electrons. The number of sulfonamides is 1. The number of carbonyl (C=O) groups is 2. The molecule has 0 aliphatic heterocycles. The average Bonchev–Trinajstić information content (AvgIpc) is 2.82. The van der Waals surface area contributed by atoms with E-state index in [9.17, 15) is 22.8 Å². The van der Waals surface area contributed by atoms with Crippen LogP contribution in [0.2, 0.25) is 0 Å². The molecule has 0 spiro atoms. The van der Waals surface area contributed by atoms with Gasteiger partial charge in [0.25, 0.3) is 11.5 Å². The number of benzene rings is 2. The molecule has 0 unspecified atom stereocenters. The monoisotopic (exact) mass is 498 g/mol. The molecule has 2 aromatic carbocycles. The van der Waals surface area contributed by atoms with Gasteiger partial charge >= 0.3 is 5.97 Å². The zero-order valence-corrected chi connectivity index (χ0v) is 20.6. The van der Waals surface area contributed by atoms with Crippen LogP contribution in [-0.4, -0.2) is 54.6 Å². The summed E-state index contributed by atoms with van der Waals surface area (Å²) in [5.74, 6) is -1.53. The Morgan fingerprint density at radius 3 is 2.43 bits per heavy atom. The first-order valence-corrected chi connectivity index (χ1v) is 12.1. The molecule has 3 rings (SSSR count). The molecule has 0 aliphatic rings. The lowest BCUT2D eigenvalue weighted by Crippen LogP contribution is -2.32. The van der Waals surface area contributed by atoms with E-state index in [4.69, 9.17) is 4.74 Å². The molecule has 184 valence electrons. The molecule has 1 amide bonds. The SMILES string of the molecule is Cc1ccc(S(=O)(=O)N(C)C)cc1NC(=O)[C@H](C)OC(=O)c1ccc(=O)n(Cc2ccccc2)n1. The third kappa shape index (κ3) is 6.19. The number of esters is 1. The van der Waals surface area contributed by atoms with Crippen molar-refractivity contribution in [3.8, 4) is 0 Å². The van der Waals surface area contributed by atoms with Gasteiger partial charge < -0.3 is 10.1 Å². The largest absolute Gasteiger partial charge is 0.448 e. The molecular formula is C24H26N4O6S. The highest BCUT2D eigenvalue weighted by molar-refractivity contribution is 7.89. The number of anilines is 1. The number of hydrogen-bond acceptors (Lipinski definition) is 7. The standard InChI is InChI=1S/C24H26N4O6S/c1-16-10-11-19(35(32,33)27(3)4)14-21(16)25-23(30)17(2)34-24(31)20-12-13-22(29)28(26-20)15-18-8-6-5-7-9-18/h5-14,17H,15H2,1-4H3,(H,25,30)/t17-/m0/s1. The van der Waals surface area contributed by atoms with Gasteiger partial charge in [-0.1, -0.05) is 36.4 Å². The van der Waals surface area contributed by atoms with Crippen molar-refractivity contribution in [1.82, 2.24) is 14.1 Å². The fraction of sp³-hybridized carbons (Fsp3) is 0.250. The third-order valence-corrected chi connectivity index (χ3v) is 6.96. The molecule has 0 aliphatic carbocycles. The summed E-state index contributed by atoms with van der Waals surface area (Å²) in [5.41, 5.74) is 1.21. The van der Waals surface area contributed by atoms with Crippen molar-refractivity contribution in [3.05, 3.63) is 87.8 Å². The predicted molar refractivity (Wildman–Crippen MR) is 130 cm³/mol. The first-order chi connectivity index (χ1) is 16.5. The lowest BCUT2D eigenvalue weighted by Gasteiger charge is -2.17. The van der Waals surface area contributed by atoms with Crippen LogP contribution in [0, 0.1) is 6.92 Å². The number of carbonyl (C=O) groups excluding carboxylic acids is 2. The number of rotatable bonds is 8. The van der Waals surface area contributed by atoms with E-state index in [1.165, 1.54) is 45.3 Å². The second-order valence-electron chi connectivity index (χ2n) is 8.00. The Labute approximate surface area is 203 Å². The molecule has 0 bridgehead atoms. The van der Waals surface area contributed by atoms with Gasteiger partial charge in [0, 0.05) is 25.8 Å². The van der Waals surface area contributed by atoms with Crippen LogP contribution in [0.25, 0.3) is 0 Å². The van der Waals surface area contributed by atoms with Crippen molar-refractivity contribution in [3.63, 3.8) is 0 Å². The summed E-state index contributed by atoms with van der Waals surface area (Å²) in [7, 11) is -0.880. The lowest BCUT2D eigenvalue weighted by molar-refractivity contribution is -0.123. The zero-order chi connectivity index (χ0) is 25.8. The summed E-state index contributed by atoms with van der Waals surface area (Å²) in [6.07, 6.45) is -1.22. The highest BCUT2D eigenvalue weighted by Gasteiger charge is 2.23. The van der Waals surface area contributed by atoms with E-state index >= 15 is 0 Å². The van der Waals surface area contributed by atoms with Gasteiger partial charge in [0.15, 0.2) is 11.8 Å². The number of ether oxygens (including phenoxy) is 1. The molecule has 11 heteroatoms. The lowest BCUT2D eigenvalue weighted by atomic mass is 10.2. The minimum Gasteiger partial charge on any atom is -0.448 e. The molecule has 1 aromatic heterocycles. The summed E-state index contributed by atoms with van der Waals surface area (Å²) in [5, 5.41) is 6.66.